The van der Waals surface area contributed by atoms with Crippen molar-refractivity contribution in [3.63, 3.8) is 0 Å². The molecule has 0 spiro atoms. The van der Waals surface area contributed by atoms with Crippen LogP contribution < -0.4 is 5.11 Å². The lowest BCUT2D eigenvalue weighted by Crippen LogP contribution is -2.44. The highest BCUT2D eigenvalue weighted by Crippen LogP contribution is 2.18. The minimum Gasteiger partial charge on any atom is -0.545 e. The number of unbranched alkanes of at least 4 members (excludes halogenated alkanes) is 34. The normalized spacial score (nSPS) is 13.5. The maximum absolute atomic E-state index is 13.0. The minimum absolute atomic E-state index is 0.143. The van der Waals surface area contributed by atoms with Gasteiger partial charge in [0.15, 0.2) is 12.4 Å². The van der Waals surface area contributed by atoms with Crippen LogP contribution in [0, 0.1) is 0 Å². The molecule has 0 amide bonds. The Kier molecular flexibility index (Phi) is 78.0. The molecule has 0 aromatic carbocycles. The SMILES string of the molecule is CC/C=C\C/C=C\C/C=C\C/C=C\C/C=C\C/C=C\C/C=C\C/C=C\CCCCCCCCCCCCCCCCCCC(=O)OC(COC(=O)CCCCCCCCCCCCCCCCCCCC/C=C\C/C=C\C/C=C\C/C=C\C/C=C\C/C=C\CC)COC(OCC[N+](C)(C)C)C(=O)[O-]. The number of likely N-dealkylation sites (N-methyl/N-ethyl adjacent to an activating group) is 1. The molecule has 0 aromatic rings. The Morgan fingerprint density at radius 2 is 0.524 bits per heavy atom. The van der Waals surface area contributed by atoms with Gasteiger partial charge in [-0.3, -0.25) is 9.59 Å². The van der Waals surface area contributed by atoms with E-state index in [1.807, 2.05) is 21.1 Å². The number of rotatable bonds is 77. The number of esters is 2. The average Bonchev–Trinajstić information content (AvgIpc) is 1.01. The van der Waals surface area contributed by atoms with Crippen LogP contribution in [0.3, 0.4) is 0 Å². The molecule has 0 aliphatic heterocycles. The number of hydrogen-bond donors (Lipinski definition) is 0. The van der Waals surface area contributed by atoms with E-state index >= 15 is 0 Å². The Labute approximate surface area is 635 Å². The Bertz CT molecular complexity index is 2310. The van der Waals surface area contributed by atoms with E-state index in [1.54, 1.807) is 0 Å². The van der Waals surface area contributed by atoms with Gasteiger partial charge in [0, 0.05) is 12.8 Å². The molecule has 0 fully saturated rings. The van der Waals surface area contributed by atoms with E-state index in [-0.39, 0.29) is 38.6 Å². The minimum atomic E-state index is -1.63. The molecule has 2 atom stereocenters. The molecule has 0 aromatic heterocycles. The molecule has 0 heterocycles. The lowest BCUT2D eigenvalue weighted by molar-refractivity contribution is -0.870. The quantitative estimate of drug-likeness (QED) is 0.0195. The first-order valence-electron chi connectivity index (χ1n) is 42.3. The molecule has 0 saturated heterocycles. The number of ether oxygens (including phenoxy) is 4. The van der Waals surface area contributed by atoms with Crippen LogP contribution in [0.4, 0.5) is 0 Å². The van der Waals surface area contributed by atoms with Crippen molar-refractivity contribution in [1.82, 2.24) is 0 Å². The van der Waals surface area contributed by atoms with Crippen molar-refractivity contribution in [2.75, 3.05) is 47.5 Å². The first-order chi connectivity index (χ1) is 50.6. The van der Waals surface area contributed by atoms with Gasteiger partial charge in [-0.2, -0.15) is 0 Å². The van der Waals surface area contributed by atoms with Gasteiger partial charge in [0.2, 0.25) is 0 Å². The summed E-state index contributed by atoms with van der Waals surface area (Å²) in [7, 11) is 5.94. The van der Waals surface area contributed by atoms with Crippen LogP contribution in [0.15, 0.2) is 170 Å². The number of nitrogens with zero attached hydrogens (tertiary/aromatic N) is 1. The molecule has 0 saturated carbocycles. The van der Waals surface area contributed by atoms with Gasteiger partial charge in [-0.15, -0.1) is 0 Å². The third-order valence-electron chi connectivity index (χ3n) is 18.0. The highest BCUT2D eigenvalue weighted by atomic mass is 16.7. The summed E-state index contributed by atoms with van der Waals surface area (Å²) in [5, 5.41) is 11.9. The smallest absolute Gasteiger partial charge is 0.306 e. The highest BCUT2D eigenvalue weighted by Gasteiger charge is 2.22. The van der Waals surface area contributed by atoms with Gasteiger partial charge >= 0.3 is 11.9 Å². The molecule has 0 N–H and O–H groups in total. The lowest BCUT2D eigenvalue weighted by atomic mass is 10.0. The van der Waals surface area contributed by atoms with Crippen molar-refractivity contribution in [2.24, 2.45) is 0 Å². The molecular weight excluding hydrogens is 1270 g/mol. The maximum atomic E-state index is 13.0. The molecular formula is C94H157NO8. The fourth-order valence-electron chi connectivity index (χ4n) is 11.6. The first-order valence-corrected chi connectivity index (χ1v) is 42.3. The summed E-state index contributed by atoms with van der Waals surface area (Å²) in [5.41, 5.74) is 0. The standard InChI is InChI=1S/C94H157NO8/c1-6-8-10-12-14-16-18-20-22-24-26-28-30-32-34-36-38-40-42-44-45-46-47-49-51-53-55-57-59-61-63-65-67-69-71-73-75-77-79-81-83-85-92(97)103-90(89-102-94(93(98)99)100-87-86-95(3,4)5)88-101-91(96)84-82-80-78-76-74-72-70-68-66-64-62-60-58-56-54-52-50-48-43-41-39-37-35-33-31-29-27-25-23-21-19-17-15-13-11-9-7-2/h8-11,14-17,20-23,26-29,32-35,38-41,44-45,47,49,90,94H,6-7,12-13,18-19,24-25,30-31,36-37,42-43,46,48,50-89H2,1-5H3/b10-8-,11-9-,16-14-,17-15-,22-20-,23-21-,28-26-,29-27-,34-32-,35-33-,40-38-,41-39-,45-44-,49-47-. The summed E-state index contributed by atoms with van der Waals surface area (Å²) in [5.74, 6) is -2.27. The van der Waals surface area contributed by atoms with Crippen molar-refractivity contribution < 1.29 is 42.9 Å². The van der Waals surface area contributed by atoms with Crippen molar-refractivity contribution in [2.45, 2.75) is 360 Å². The maximum Gasteiger partial charge on any atom is 0.306 e. The zero-order valence-corrected chi connectivity index (χ0v) is 67.1. The van der Waals surface area contributed by atoms with Gasteiger partial charge < -0.3 is 33.3 Å². The Morgan fingerprint density at radius 3 is 0.777 bits per heavy atom. The number of carbonyl (C=O) groups excluding carboxylic acids is 3. The predicted octanol–water partition coefficient (Wildman–Crippen LogP) is 26.4. The van der Waals surface area contributed by atoms with Gasteiger partial charge in [-0.1, -0.05) is 377 Å². The number of carboxylic acid groups (broad SMARTS) is 1. The van der Waals surface area contributed by atoms with Crippen LogP contribution in [0.5, 0.6) is 0 Å². The Hall–Kier alpha value is -5.35. The molecule has 9 nitrogen and oxygen atoms in total. The number of quaternary nitrogens is 1. The zero-order valence-electron chi connectivity index (χ0n) is 67.1. The second-order valence-electron chi connectivity index (χ2n) is 29.0. The number of aliphatic carboxylic acids is 1. The molecule has 103 heavy (non-hydrogen) atoms. The average molecular weight is 1430 g/mol. The van der Waals surface area contributed by atoms with Crippen LogP contribution in [0.25, 0.3) is 0 Å². The van der Waals surface area contributed by atoms with E-state index in [0.717, 1.165) is 128 Å². The summed E-state index contributed by atoms with van der Waals surface area (Å²) in [6, 6.07) is 0. The number of allylic oxidation sites excluding steroid dienone is 28. The summed E-state index contributed by atoms with van der Waals surface area (Å²) < 4.78 is 22.9. The third-order valence-corrected chi connectivity index (χ3v) is 18.0. The summed E-state index contributed by atoms with van der Waals surface area (Å²) >= 11 is 0. The van der Waals surface area contributed by atoms with Crippen LogP contribution in [-0.2, 0) is 33.3 Å². The second kappa shape index (κ2) is 82.3. The van der Waals surface area contributed by atoms with Gasteiger partial charge in [0.1, 0.15) is 13.2 Å². The Morgan fingerprint density at radius 1 is 0.291 bits per heavy atom. The molecule has 2 unspecified atom stereocenters. The van der Waals surface area contributed by atoms with Crippen LogP contribution in [-0.4, -0.2) is 82.3 Å². The van der Waals surface area contributed by atoms with Gasteiger partial charge in [0.05, 0.1) is 40.3 Å². The third kappa shape index (κ3) is 83.8. The van der Waals surface area contributed by atoms with Crippen LogP contribution in [0.2, 0.25) is 0 Å². The number of carboxylic acids is 1. The molecule has 0 aliphatic carbocycles. The van der Waals surface area contributed by atoms with E-state index < -0.39 is 24.3 Å². The summed E-state index contributed by atoms with van der Waals surface area (Å²) in [6.45, 7) is 4.54. The molecule has 0 rings (SSSR count). The van der Waals surface area contributed by atoms with E-state index in [2.05, 4.69) is 184 Å². The van der Waals surface area contributed by atoms with Gasteiger partial charge in [0.25, 0.3) is 0 Å². The number of carbonyl (C=O) groups is 3. The molecule has 0 aliphatic rings. The Balaban J connectivity index is 4.02. The number of hydrogen-bond acceptors (Lipinski definition) is 8. The first kappa shape index (κ1) is 97.7. The fourth-order valence-corrected chi connectivity index (χ4v) is 11.6. The van der Waals surface area contributed by atoms with Crippen LogP contribution >= 0.6 is 0 Å². The van der Waals surface area contributed by atoms with E-state index in [4.69, 9.17) is 18.9 Å². The van der Waals surface area contributed by atoms with E-state index in [9.17, 15) is 19.5 Å². The van der Waals surface area contributed by atoms with E-state index in [1.165, 1.54) is 186 Å². The predicted molar refractivity (Wildman–Crippen MR) is 444 cm³/mol. The van der Waals surface area contributed by atoms with Crippen LogP contribution in [0.1, 0.15) is 348 Å². The van der Waals surface area contributed by atoms with E-state index in [0.29, 0.717) is 17.4 Å². The molecule has 586 valence electrons. The van der Waals surface area contributed by atoms with Gasteiger partial charge in [-0.05, 0) is 128 Å². The van der Waals surface area contributed by atoms with Crippen molar-refractivity contribution in [1.29, 1.82) is 0 Å². The van der Waals surface area contributed by atoms with Crippen molar-refractivity contribution in [3.8, 4) is 0 Å². The lowest BCUT2D eigenvalue weighted by Gasteiger charge is -2.26. The van der Waals surface area contributed by atoms with Crippen molar-refractivity contribution in [3.05, 3.63) is 170 Å². The van der Waals surface area contributed by atoms with Gasteiger partial charge in [-0.25, -0.2) is 0 Å². The molecule has 0 radical (unpaired) electrons. The second-order valence-corrected chi connectivity index (χ2v) is 29.0. The summed E-state index contributed by atoms with van der Waals surface area (Å²) in [6.07, 6.45) is 121. The monoisotopic (exact) mass is 1430 g/mol. The zero-order chi connectivity index (χ0) is 74.6. The highest BCUT2D eigenvalue weighted by molar-refractivity contribution is 5.70. The molecule has 9 heteroatoms. The summed E-state index contributed by atoms with van der Waals surface area (Å²) in [4.78, 5) is 37.7. The fraction of sp³-hybridized carbons (Fsp3) is 0.670. The topological polar surface area (TPSA) is 111 Å². The largest absolute Gasteiger partial charge is 0.545 e. The molecule has 0 bridgehead atoms. The van der Waals surface area contributed by atoms with Crippen molar-refractivity contribution >= 4 is 17.9 Å².